The normalized spacial score (nSPS) is 12.2. The minimum absolute atomic E-state index is 0.447. The van der Waals surface area contributed by atoms with E-state index in [4.69, 9.17) is 24.9 Å². The van der Waals surface area contributed by atoms with Crippen molar-refractivity contribution in [1.29, 1.82) is 0 Å². The van der Waals surface area contributed by atoms with Gasteiger partial charge in [-0.1, -0.05) is 267 Å². The standard InChI is InChI=1S/C41H26N2.C31H19N3.C30H18N4/c1-3-13-29(14-4-1)41(30-15-5-2-6-16-30)35-19-9-7-17-31(35)32-23-22-28(26-36(32)41)38-33-18-8-10-20-37(33)43-40-34(38)24-21-27-12-11-25-42-39(27)40;1-2-8-28-25(7-1)29(26-15-13-22-5-3-18-33-30(22)31(26)34-28)21-11-9-20(10-12-21)23-14-16-27-24(19-23)6-4-17-32-27;1-2-7-25-22(6-1)28(23-14-13-21-5-3-18-32-29(21)30(23)34-25)20-11-9-19(10-12-20)24-15-16-26-27(33-24)8-4-17-31-26/h1-26H;1-19H;1-18H. The molecule has 9 heteroatoms. The fourth-order valence-electron chi connectivity index (χ4n) is 17.0. The van der Waals surface area contributed by atoms with E-state index in [1.165, 1.54) is 72.3 Å². The van der Waals surface area contributed by atoms with Gasteiger partial charge in [0, 0.05) is 107 Å². The van der Waals surface area contributed by atoms with Gasteiger partial charge >= 0.3 is 0 Å². The number of fused-ring (bicyclic) bond motifs is 17. The third kappa shape index (κ3) is 11.0. The molecule has 23 rings (SSSR count). The summed E-state index contributed by atoms with van der Waals surface area (Å²) in [5.41, 5.74) is 30.1. The lowest BCUT2D eigenvalue weighted by molar-refractivity contribution is 0.769. The summed E-state index contributed by atoms with van der Waals surface area (Å²) in [7, 11) is 0. The van der Waals surface area contributed by atoms with Gasteiger partial charge in [0.15, 0.2) is 0 Å². The van der Waals surface area contributed by atoms with Gasteiger partial charge in [0.25, 0.3) is 0 Å². The van der Waals surface area contributed by atoms with Crippen molar-refractivity contribution in [2.75, 3.05) is 0 Å². The number of para-hydroxylation sites is 3. The van der Waals surface area contributed by atoms with Crippen LogP contribution in [0.2, 0.25) is 0 Å². The lowest BCUT2D eigenvalue weighted by Gasteiger charge is -2.34. The van der Waals surface area contributed by atoms with E-state index in [-0.39, 0.29) is 0 Å². The number of hydrogen-bond acceptors (Lipinski definition) is 9. The lowest BCUT2D eigenvalue weighted by Crippen LogP contribution is -2.28. The van der Waals surface area contributed by atoms with Crippen molar-refractivity contribution in [3.8, 4) is 66.9 Å². The van der Waals surface area contributed by atoms with Crippen LogP contribution >= 0.6 is 0 Å². The van der Waals surface area contributed by atoms with Crippen molar-refractivity contribution in [3.63, 3.8) is 0 Å². The van der Waals surface area contributed by atoms with Gasteiger partial charge in [-0.05, 0) is 146 Å². The van der Waals surface area contributed by atoms with Gasteiger partial charge in [-0.2, -0.15) is 0 Å². The maximum atomic E-state index is 5.16. The second-order valence-corrected chi connectivity index (χ2v) is 28.2. The molecular formula is C102H63N9. The highest BCUT2D eigenvalue weighted by molar-refractivity contribution is 6.19. The van der Waals surface area contributed by atoms with Gasteiger partial charge in [0.2, 0.25) is 0 Å². The average Bonchev–Trinajstić information content (AvgIpc) is 1.52. The Morgan fingerprint density at radius 2 is 0.586 bits per heavy atom. The smallest absolute Gasteiger partial charge is 0.0978 e. The third-order valence-corrected chi connectivity index (χ3v) is 22.1. The molecule has 9 nitrogen and oxygen atoms in total. The lowest BCUT2D eigenvalue weighted by atomic mass is 9.67. The van der Waals surface area contributed by atoms with Gasteiger partial charge in [-0.25, -0.2) is 19.9 Å². The van der Waals surface area contributed by atoms with Gasteiger partial charge in [0.05, 0.1) is 77.3 Å². The van der Waals surface area contributed by atoms with Crippen LogP contribution in [0, 0.1) is 0 Å². The van der Waals surface area contributed by atoms with E-state index in [0.29, 0.717) is 0 Å². The monoisotopic (exact) mass is 1410 g/mol. The van der Waals surface area contributed by atoms with E-state index < -0.39 is 5.41 Å². The number of nitrogens with zero attached hydrogens (tertiary/aromatic N) is 9. The molecule has 0 radical (unpaired) electrons. The van der Waals surface area contributed by atoms with Crippen LogP contribution in [0.5, 0.6) is 0 Å². The van der Waals surface area contributed by atoms with Crippen LogP contribution in [0.4, 0.5) is 0 Å². The van der Waals surface area contributed by atoms with Crippen LogP contribution in [0.15, 0.2) is 383 Å². The maximum Gasteiger partial charge on any atom is 0.0978 e. The molecule has 0 fully saturated rings. The Labute approximate surface area is 638 Å². The summed E-state index contributed by atoms with van der Waals surface area (Å²) in [6.07, 6.45) is 9.16. The Morgan fingerprint density at radius 1 is 0.189 bits per heavy atom. The van der Waals surface area contributed by atoms with E-state index >= 15 is 0 Å². The molecule has 1 aliphatic rings. The summed E-state index contributed by atoms with van der Waals surface area (Å²) in [4.78, 5) is 42.9. The molecule has 9 heterocycles. The predicted octanol–water partition coefficient (Wildman–Crippen LogP) is 25.0. The highest BCUT2D eigenvalue weighted by Crippen LogP contribution is 2.57. The van der Waals surface area contributed by atoms with E-state index in [1.807, 2.05) is 85.5 Å². The summed E-state index contributed by atoms with van der Waals surface area (Å²) < 4.78 is 0. The molecule has 9 aromatic heterocycles. The molecule has 22 aromatic rings. The van der Waals surface area contributed by atoms with Gasteiger partial charge in [-0.3, -0.25) is 24.9 Å². The van der Waals surface area contributed by atoms with Crippen LogP contribution in [0.3, 0.4) is 0 Å². The van der Waals surface area contributed by atoms with E-state index in [1.54, 1.807) is 6.20 Å². The van der Waals surface area contributed by atoms with Gasteiger partial charge < -0.3 is 0 Å². The molecule has 0 spiro atoms. The first-order valence-corrected chi connectivity index (χ1v) is 37.4. The first kappa shape index (κ1) is 64.5. The maximum absolute atomic E-state index is 5.16. The summed E-state index contributed by atoms with van der Waals surface area (Å²) in [5, 5.41) is 11.2. The van der Waals surface area contributed by atoms with Crippen LogP contribution < -0.4 is 0 Å². The second kappa shape index (κ2) is 26.8. The summed E-state index contributed by atoms with van der Waals surface area (Å²) in [6.45, 7) is 0. The zero-order valence-corrected chi connectivity index (χ0v) is 59.9. The molecule has 13 aromatic carbocycles. The van der Waals surface area contributed by atoms with E-state index in [2.05, 4.69) is 311 Å². The molecule has 111 heavy (non-hydrogen) atoms. The van der Waals surface area contributed by atoms with Crippen molar-refractivity contribution in [2.45, 2.75) is 5.41 Å². The SMILES string of the molecule is c1ccc(C2(c3ccccc3)c3ccccc3-c3ccc(-c4c5ccccc5nc5c4ccc4cccnc45)cc32)cc1.c1cnc2c(c1)ccc1c(-c3ccc(-c4ccc5ncccc5n4)cc3)c3ccccc3nc12.c1cnc2ccc(-c3ccc(-c4c5ccccc5nc5c4ccc4cccnc45)cc3)cc2c1. The van der Waals surface area contributed by atoms with Crippen molar-refractivity contribution >= 4 is 120 Å². The van der Waals surface area contributed by atoms with Crippen molar-refractivity contribution < 1.29 is 0 Å². The molecule has 0 aliphatic heterocycles. The minimum Gasteiger partial charge on any atom is -0.256 e. The Hall–Kier alpha value is -14.9. The first-order chi connectivity index (χ1) is 55.0. The number of benzene rings is 13. The second-order valence-electron chi connectivity index (χ2n) is 28.2. The van der Waals surface area contributed by atoms with Crippen molar-refractivity contribution in [1.82, 2.24) is 44.9 Å². The number of hydrogen-bond donors (Lipinski definition) is 0. The molecular weight excluding hydrogens is 1350 g/mol. The molecule has 0 saturated carbocycles. The molecule has 0 unspecified atom stereocenters. The number of pyridine rings is 9. The quantitative estimate of drug-likeness (QED) is 0.114. The molecule has 0 amide bonds. The molecule has 0 saturated heterocycles. The van der Waals surface area contributed by atoms with Crippen LogP contribution in [0.1, 0.15) is 22.3 Å². The summed E-state index contributed by atoms with van der Waals surface area (Å²) in [5.74, 6) is 0. The Kier molecular flexibility index (Phi) is 15.6. The van der Waals surface area contributed by atoms with Crippen LogP contribution in [-0.2, 0) is 5.41 Å². The highest BCUT2D eigenvalue weighted by atomic mass is 14.8. The molecule has 0 N–H and O–H groups in total. The average molecular weight is 1410 g/mol. The van der Waals surface area contributed by atoms with E-state index in [9.17, 15) is 0 Å². The molecule has 0 bridgehead atoms. The third-order valence-electron chi connectivity index (χ3n) is 22.1. The number of rotatable bonds is 7. The van der Waals surface area contributed by atoms with E-state index in [0.717, 1.165) is 137 Å². The fourth-order valence-corrected chi connectivity index (χ4v) is 17.0. The molecule has 0 atom stereocenters. The Balaban J connectivity index is 0.000000107. The largest absolute Gasteiger partial charge is 0.256 e. The van der Waals surface area contributed by atoms with Crippen LogP contribution in [0.25, 0.3) is 187 Å². The number of aromatic nitrogens is 9. The van der Waals surface area contributed by atoms with Crippen molar-refractivity contribution in [2.24, 2.45) is 0 Å². The first-order valence-electron chi connectivity index (χ1n) is 37.4. The summed E-state index contributed by atoms with van der Waals surface area (Å²) >= 11 is 0. The van der Waals surface area contributed by atoms with Crippen molar-refractivity contribution in [3.05, 3.63) is 405 Å². The topological polar surface area (TPSA) is 116 Å². The highest BCUT2D eigenvalue weighted by Gasteiger charge is 2.46. The van der Waals surface area contributed by atoms with Gasteiger partial charge in [-0.15, -0.1) is 0 Å². The van der Waals surface area contributed by atoms with Gasteiger partial charge in [0.1, 0.15) is 0 Å². The Bertz CT molecular complexity index is 7140. The zero-order chi connectivity index (χ0) is 73.4. The summed E-state index contributed by atoms with van der Waals surface area (Å²) in [6, 6.07) is 124. The van der Waals surface area contributed by atoms with Crippen LogP contribution in [-0.4, -0.2) is 44.9 Å². The molecule has 516 valence electrons. The minimum atomic E-state index is -0.447. The Morgan fingerprint density at radius 3 is 1.13 bits per heavy atom. The zero-order valence-electron chi connectivity index (χ0n) is 59.9. The predicted molar refractivity (Wildman–Crippen MR) is 457 cm³/mol. The fraction of sp³-hybridized carbons (Fsp3) is 0.00980. The molecule has 1 aliphatic carbocycles.